The van der Waals surface area contributed by atoms with Gasteiger partial charge in [0.25, 0.3) is 0 Å². The molecule has 0 aromatic rings. The summed E-state index contributed by atoms with van der Waals surface area (Å²) in [6.07, 6.45) is 0. The zero-order chi connectivity index (χ0) is 4.99. The van der Waals surface area contributed by atoms with Crippen LogP contribution in [0.3, 0.4) is 0 Å². The van der Waals surface area contributed by atoms with E-state index in [4.69, 9.17) is 12.3 Å². The van der Waals surface area contributed by atoms with Gasteiger partial charge in [-0.05, 0) is 6.92 Å². The van der Waals surface area contributed by atoms with Gasteiger partial charge in [-0.3, -0.25) is 0 Å². The molecule has 0 saturated heterocycles. The Kier molecular flexibility index (Phi) is 2.43. The molecule has 2 heteroatoms. The lowest BCUT2D eigenvalue weighted by atomic mass is 10.4. The number of rotatable bonds is 1. The summed E-state index contributed by atoms with van der Waals surface area (Å²) in [5.41, 5.74) is 5.19. The lowest BCUT2D eigenvalue weighted by Crippen LogP contribution is -2.16. The van der Waals surface area contributed by atoms with Gasteiger partial charge in [0.05, 0.1) is 6.04 Å². The molecule has 0 aliphatic heterocycles. The van der Waals surface area contributed by atoms with Gasteiger partial charge < -0.3 is 10.6 Å². The van der Waals surface area contributed by atoms with Crippen molar-refractivity contribution in [1.82, 2.24) is 0 Å². The quantitative estimate of drug-likeness (QED) is 0.453. The average molecular weight is 84.1 g/mol. The minimum Gasteiger partial charge on any atom is -0.322 e. The second kappa shape index (κ2) is 2.67. The molecule has 0 rings (SSSR count). The molecule has 0 bridgehead atoms. The first kappa shape index (κ1) is 5.45. The van der Waals surface area contributed by atoms with Crippen molar-refractivity contribution in [2.45, 2.75) is 13.0 Å². The van der Waals surface area contributed by atoms with Crippen LogP contribution in [0.15, 0.2) is 0 Å². The van der Waals surface area contributed by atoms with Crippen molar-refractivity contribution in [3.63, 3.8) is 0 Å². The van der Waals surface area contributed by atoms with Crippen molar-refractivity contribution in [2.75, 3.05) is 6.54 Å². The van der Waals surface area contributed by atoms with Gasteiger partial charge in [-0.15, -0.1) is 0 Å². The topological polar surface area (TPSA) is 30.4 Å². The molecule has 2 N–H and O–H groups in total. The summed E-state index contributed by atoms with van der Waals surface area (Å²) >= 11 is 0. The fraction of sp³-hybridized carbons (Fsp3) is 0.750. The standard InChI is InChI=1S/C4H8N2/c1-4(5)3-6-2/h4H,3,5H2,1H3/t4-/m0/s1. The Morgan fingerprint density at radius 3 is 2.50 bits per heavy atom. The normalized spacial score (nSPS) is 12.8. The van der Waals surface area contributed by atoms with Crippen LogP contribution in [-0.4, -0.2) is 12.6 Å². The van der Waals surface area contributed by atoms with E-state index < -0.39 is 0 Å². The van der Waals surface area contributed by atoms with Crippen molar-refractivity contribution in [3.05, 3.63) is 11.4 Å². The fourth-order valence-electron chi connectivity index (χ4n) is 0.144. The highest BCUT2D eigenvalue weighted by atomic mass is 14.7. The van der Waals surface area contributed by atoms with Crippen molar-refractivity contribution in [1.29, 1.82) is 0 Å². The van der Waals surface area contributed by atoms with Gasteiger partial charge in [-0.25, -0.2) is 6.57 Å². The maximum absolute atomic E-state index is 6.28. The van der Waals surface area contributed by atoms with Crippen LogP contribution in [0, 0.1) is 6.57 Å². The van der Waals surface area contributed by atoms with Crippen molar-refractivity contribution in [3.8, 4) is 0 Å². The smallest absolute Gasteiger partial charge is 0.229 e. The van der Waals surface area contributed by atoms with Crippen LogP contribution < -0.4 is 5.73 Å². The van der Waals surface area contributed by atoms with Crippen LogP contribution in [0.4, 0.5) is 0 Å². The van der Waals surface area contributed by atoms with E-state index >= 15 is 0 Å². The molecule has 0 fully saturated rings. The Balaban J connectivity index is 2.88. The molecule has 0 radical (unpaired) electrons. The molecule has 0 aliphatic carbocycles. The van der Waals surface area contributed by atoms with Crippen molar-refractivity contribution >= 4 is 0 Å². The Morgan fingerprint density at radius 1 is 2.00 bits per heavy atom. The lowest BCUT2D eigenvalue weighted by Gasteiger charge is -1.86. The number of nitrogens with two attached hydrogens (primary N) is 1. The molecule has 0 amide bonds. The second-order valence-corrected chi connectivity index (χ2v) is 1.32. The monoisotopic (exact) mass is 84.1 g/mol. The largest absolute Gasteiger partial charge is 0.322 e. The maximum Gasteiger partial charge on any atom is 0.229 e. The van der Waals surface area contributed by atoms with Gasteiger partial charge in [-0.1, -0.05) is 0 Å². The Hall–Kier alpha value is -0.550. The van der Waals surface area contributed by atoms with E-state index in [1.54, 1.807) is 0 Å². The van der Waals surface area contributed by atoms with Crippen molar-refractivity contribution in [2.24, 2.45) is 5.73 Å². The second-order valence-electron chi connectivity index (χ2n) is 1.32. The predicted octanol–water partition coefficient (Wildman–Crippen LogP) is 0.253. The summed E-state index contributed by atoms with van der Waals surface area (Å²) in [7, 11) is 0. The molecule has 0 aromatic heterocycles. The number of hydrogen-bond acceptors (Lipinski definition) is 1. The van der Waals surface area contributed by atoms with E-state index in [0.29, 0.717) is 6.54 Å². The molecule has 2 nitrogen and oxygen atoms in total. The molecule has 6 heavy (non-hydrogen) atoms. The molecule has 0 spiro atoms. The molecule has 1 atom stereocenters. The summed E-state index contributed by atoms with van der Waals surface area (Å²) in [6, 6.07) is 0.0440. The first-order valence-electron chi connectivity index (χ1n) is 1.86. The maximum atomic E-state index is 6.28. The highest BCUT2D eigenvalue weighted by Gasteiger charge is 1.89. The molecular weight excluding hydrogens is 76.1 g/mol. The predicted molar refractivity (Wildman–Crippen MR) is 25.1 cm³/mol. The van der Waals surface area contributed by atoms with E-state index in [1.165, 1.54) is 0 Å². The van der Waals surface area contributed by atoms with Crippen LogP contribution >= 0.6 is 0 Å². The molecule has 34 valence electrons. The van der Waals surface area contributed by atoms with Crippen molar-refractivity contribution < 1.29 is 0 Å². The number of hydrogen-bond donors (Lipinski definition) is 1. The zero-order valence-corrected chi connectivity index (χ0v) is 3.81. The average Bonchev–Trinajstić information content (AvgIpc) is 1.35. The first-order chi connectivity index (χ1) is 2.77. The third-order valence-electron chi connectivity index (χ3n) is 0.379. The lowest BCUT2D eigenvalue weighted by molar-refractivity contribution is 0.806. The highest BCUT2D eigenvalue weighted by molar-refractivity contribution is 4.66. The van der Waals surface area contributed by atoms with Crippen LogP contribution in [0.2, 0.25) is 0 Å². The molecule has 0 saturated carbocycles. The first-order valence-corrected chi connectivity index (χ1v) is 1.86. The summed E-state index contributed by atoms with van der Waals surface area (Å²) in [5, 5.41) is 0. The Labute approximate surface area is 37.8 Å². The molecule has 0 heterocycles. The third kappa shape index (κ3) is 3.45. The van der Waals surface area contributed by atoms with Crippen LogP contribution in [0.5, 0.6) is 0 Å². The van der Waals surface area contributed by atoms with Gasteiger partial charge in [0.15, 0.2) is 0 Å². The summed E-state index contributed by atoms with van der Waals surface area (Å²) in [6.45, 7) is 8.54. The molecule has 0 unspecified atom stereocenters. The highest BCUT2D eigenvalue weighted by Crippen LogP contribution is 1.71. The van der Waals surface area contributed by atoms with E-state index in [0.717, 1.165) is 0 Å². The third-order valence-corrected chi connectivity index (χ3v) is 0.379. The zero-order valence-electron chi connectivity index (χ0n) is 3.81. The molecule has 0 aromatic carbocycles. The van der Waals surface area contributed by atoms with Gasteiger partial charge >= 0.3 is 0 Å². The van der Waals surface area contributed by atoms with Crippen LogP contribution in [0.25, 0.3) is 4.85 Å². The minimum atomic E-state index is 0.0440. The Morgan fingerprint density at radius 2 is 2.50 bits per heavy atom. The number of nitrogens with zero attached hydrogens (tertiary/aromatic N) is 1. The summed E-state index contributed by atoms with van der Waals surface area (Å²) in [5.74, 6) is 0. The van der Waals surface area contributed by atoms with Crippen LogP contribution in [0.1, 0.15) is 6.92 Å². The molecule has 0 aliphatic rings. The summed E-state index contributed by atoms with van der Waals surface area (Å²) in [4.78, 5) is 3.06. The van der Waals surface area contributed by atoms with Gasteiger partial charge in [-0.2, -0.15) is 0 Å². The fourth-order valence-corrected chi connectivity index (χ4v) is 0.144. The Bertz CT molecular complexity index is 60.4. The van der Waals surface area contributed by atoms with Gasteiger partial charge in [0.2, 0.25) is 6.54 Å². The van der Waals surface area contributed by atoms with E-state index in [2.05, 4.69) is 4.85 Å². The van der Waals surface area contributed by atoms with E-state index in [-0.39, 0.29) is 6.04 Å². The van der Waals surface area contributed by atoms with Crippen LogP contribution in [-0.2, 0) is 0 Å². The SMILES string of the molecule is [C-]#[N+]C[C@H](C)N. The minimum absolute atomic E-state index is 0.0440. The van der Waals surface area contributed by atoms with E-state index in [9.17, 15) is 0 Å². The summed E-state index contributed by atoms with van der Waals surface area (Å²) < 4.78 is 0. The van der Waals surface area contributed by atoms with E-state index in [1.807, 2.05) is 6.92 Å². The molecular formula is C4H8N2. The van der Waals surface area contributed by atoms with Gasteiger partial charge in [0, 0.05) is 0 Å². The van der Waals surface area contributed by atoms with Gasteiger partial charge in [0.1, 0.15) is 0 Å².